The zero-order valence-corrected chi connectivity index (χ0v) is 10.8. The van der Waals surface area contributed by atoms with Crippen LogP contribution in [-0.2, 0) is 9.59 Å². The molecule has 1 heterocycles. The van der Waals surface area contributed by atoms with E-state index < -0.39 is 17.9 Å². The van der Waals surface area contributed by atoms with E-state index in [-0.39, 0.29) is 13.0 Å². The van der Waals surface area contributed by atoms with Crippen LogP contribution >= 0.6 is 0 Å². The van der Waals surface area contributed by atoms with E-state index in [1.54, 1.807) is 0 Å². The third-order valence-electron chi connectivity index (χ3n) is 3.43. The highest BCUT2D eigenvalue weighted by molar-refractivity contribution is 5.77. The van der Waals surface area contributed by atoms with Crippen LogP contribution in [0.1, 0.15) is 19.3 Å². The second-order valence-corrected chi connectivity index (χ2v) is 5.04. The van der Waals surface area contributed by atoms with Gasteiger partial charge in [0, 0.05) is 6.54 Å². The predicted molar refractivity (Wildman–Crippen MR) is 66.5 cm³/mol. The zero-order chi connectivity index (χ0) is 13.5. The van der Waals surface area contributed by atoms with Gasteiger partial charge < -0.3 is 20.4 Å². The predicted octanol–water partition coefficient (Wildman–Crippen LogP) is 0.0933. The Hall–Kier alpha value is -1.14. The van der Waals surface area contributed by atoms with Crippen LogP contribution in [0.5, 0.6) is 0 Å². The molecule has 1 saturated heterocycles. The molecule has 3 N–H and O–H groups in total. The molecule has 0 aromatic carbocycles. The van der Waals surface area contributed by atoms with Crippen molar-refractivity contribution in [1.82, 2.24) is 10.2 Å². The van der Waals surface area contributed by atoms with Crippen molar-refractivity contribution in [2.45, 2.75) is 19.3 Å². The fraction of sp³-hybridized carbons (Fsp3) is 0.833. The van der Waals surface area contributed by atoms with Crippen molar-refractivity contribution in [1.29, 1.82) is 0 Å². The molecule has 1 rings (SSSR count). The van der Waals surface area contributed by atoms with Gasteiger partial charge in [-0.25, -0.2) is 0 Å². The molecule has 1 aliphatic rings. The Labute approximate surface area is 107 Å². The number of likely N-dealkylation sites (tertiary alicyclic amines) is 1. The van der Waals surface area contributed by atoms with Gasteiger partial charge in [0.1, 0.15) is 0 Å². The summed E-state index contributed by atoms with van der Waals surface area (Å²) in [7, 11) is 2.09. The molecule has 0 bridgehead atoms. The fourth-order valence-corrected chi connectivity index (χ4v) is 2.19. The standard InChI is InChI=1S/C12H22N2O4/c1-14-4-2-9(3-5-14)7-13-8-10(12(17)18)6-11(15)16/h9-10,13H,2-8H2,1H3,(H,15,16)(H,17,18). The van der Waals surface area contributed by atoms with Crippen LogP contribution in [0.15, 0.2) is 0 Å². The van der Waals surface area contributed by atoms with Crippen LogP contribution in [0.25, 0.3) is 0 Å². The van der Waals surface area contributed by atoms with Gasteiger partial charge >= 0.3 is 11.9 Å². The summed E-state index contributed by atoms with van der Waals surface area (Å²) in [6, 6.07) is 0. The first-order valence-corrected chi connectivity index (χ1v) is 6.33. The maximum absolute atomic E-state index is 10.9. The maximum atomic E-state index is 10.9. The minimum atomic E-state index is -1.07. The molecule has 1 fully saturated rings. The van der Waals surface area contributed by atoms with E-state index in [0.29, 0.717) is 5.92 Å². The summed E-state index contributed by atoms with van der Waals surface area (Å²) in [5, 5.41) is 20.6. The van der Waals surface area contributed by atoms with Gasteiger partial charge in [0.05, 0.1) is 12.3 Å². The summed E-state index contributed by atoms with van der Waals surface area (Å²) in [5.41, 5.74) is 0. The number of nitrogens with zero attached hydrogens (tertiary/aromatic N) is 1. The number of hydrogen-bond acceptors (Lipinski definition) is 4. The third-order valence-corrected chi connectivity index (χ3v) is 3.43. The van der Waals surface area contributed by atoms with Crippen molar-refractivity contribution >= 4 is 11.9 Å². The number of carboxylic acid groups (broad SMARTS) is 2. The van der Waals surface area contributed by atoms with E-state index in [4.69, 9.17) is 10.2 Å². The van der Waals surface area contributed by atoms with Crippen molar-refractivity contribution in [2.24, 2.45) is 11.8 Å². The molecule has 0 radical (unpaired) electrons. The molecule has 1 aliphatic heterocycles. The Bertz CT molecular complexity index is 288. The number of rotatable bonds is 7. The minimum Gasteiger partial charge on any atom is -0.481 e. The summed E-state index contributed by atoms with van der Waals surface area (Å²) >= 11 is 0. The van der Waals surface area contributed by atoms with E-state index >= 15 is 0 Å². The summed E-state index contributed by atoms with van der Waals surface area (Å²) < 4.78 is 0. The summed E-state index contributed by atoms with van der Waals surface area (Å²) in [6.45, 7) is 3.15. The summed E-state index contributed by atoms with van der Waals surface area (Å²) in [6.07, 6.45) is 1.90. The first-order chi connectivity index (χ1) is 8.49. The molecule has 1 unspecified atom stereocenters. The second kappa shape index (κ2) is 7.33. The number of hydrogen-bond donors (Lipinski definition) is 3. The molecule has 0 amide bonds. The number of carboxylic acids is 2. The van der Waals surface area contributed by atoms with Crippen LogP contribution in [0.2, 0.25) is 0 Å². The maximum Gasteiger partial charge on any atom is 0.308 e. The van der Waals surface area contributed by atoms with Gasteiger partial charge in [-0.1, -0.05) is 0 Å². The monoisotopic (exact) mass is 258 g/mol. The molecule has 6 nitrogen and oxygen atoms in total. The topological polar surface area (TPSA) is 89.9 Å². The average Bonchev–Trinajstić information content (AvgIpc) is 2.29. The second-order valence-electron chi connectivity index (χ2n) is 5.04. The van der Waals surface area contributed by atoms with E-state index in [2.05, 4.69) is 17.3 Å². The lowest BCUT2D eigenvalue weighted by atomic mass is 9.97. The highest BCUT2D eigenvalue weighted by Gasteiger charge is 2.22. The van der Waals surface area contributed by atoms with Crippen LogP contribution < -0.4 is 5.32 Å². The lowest BCUT2D eigenvalue weighted by molar-refractivity contribution is -0.148. The Kier molecular flexibility index (Phi) is 6.07. The highest BCUT2D eigenvalue weighted by Crippen LogP contribution is 2.14. The number of piperidine rings is 1. The molecule has 0 aromatic rings. The molecule has 18 heavy (non-hydrogen) atoms. The van der Waals surface area contributed by atoms with Gasteiger partial charge in [-0.3, -0.25) is 9.59 Å². The highest BCUT2D eigenvalue weighted by atomic mass is 16.4. The lowest BCUT2D eigenvalue weighted by Gasteiger charge is -2.29. The molecule has 104 valence electrons. The summed E-state index contributed by atoms with van der Waals surface area (Å²) in [4.78, 5) is 23.6. The Morgan fingerprint density at radius 2 is 1.94 bits per heavy atom. The van der Waals surface area contributed by atoms with Crippen molar-refractivity contribution in [3.8, 4) is 0 Å². The molecular formula is C12H22N2O4. The summed E-state index contributed by atoms with van der Waals surface area (Å²) in [5.74, 6) is -2.38. The first-order valence-electron chi connectivity index (χ1n) is 6.33. The van der Waals surface area contributed by atoms with Gasteiger partial charge in [0.25, 0.3) is 0 Å². The van der Waals surface area contributed by atoms with E-state index in [9.17, 15) is 9.59 Å². The molecule has 0 aliphatic carbocycles. The smallest absolute Gasteiger partial charge is 0.308 e. The van der Waals surface area contributed by atoms with E-state index in [1.165, 1.54) is 0 Å². The Balaban J connectivity index is 2.22. The lowest BCUT2D eigenvalue weighted by Crippen LogP contribution is -2.37. The van der Waals surface area contributed by atoms with E-state index in [1.807, 2.05) is 0 Å². The minimum absolute atomic E-state index is 0.230. The Morgan fingerprint density at radius 1 is 1.33 bits per heavy atom. The van der Waals surface area contributed by atoms with Crippen LogP contribution in [0.4, 0.5) is 0 Å². The molecule has 1 atom stereocenters. The zero-order valence-electron chi connectivity index (χ0n) is 10.8. The normalized spacial score (nSPS) is 19.6. The van der Waals surface area contributed by atoms with Gasteiger partial charge in [-0.05, 0) is 45.4 Å². The SMILES string of the molecule is CN1CCC(CNCC(CC(=O)O)C(=O)O)CC1. The first kappa shape index (κ1) is 14.9. The molecule has 6 heteroatoms. The molecule has 0 spiro atoms. The Morgan fingerprint density at radius 3 is 2.44 bits per heavy atom. The quantitative estimate of drug-likeness (QED) is 0.600. The molecule has 0 aromatic heterocycles. The third kappa shape index (κ3) is 5.46. The molecule has 0 saturated carbocycles. The van der Waals surface area contributed by atoms with Crippen molar-refractivity contribution in [2.75, 3.05) is 33.2 Å². The van der Waals surface area contributed by atoms with Crippen molar-refractivity contribution < 1.29 is 19.8 Å². The van der Waals surface area contributed by atoms with Gasteiger partial charge in [0.15, 0.2) is 0 Å². The van der Waals surface area contributed by atoms with Gasteiger partial charge in [-0.2, -0.15) is 0 Å². The van der Waals surface area contributed by atoms with Crippen molar-refractivity contribution in [3.05, 3.63) is 0 Å². The van der Waals surface area contributed by atoms with Gasteiger partial charge in [-0.15, -0.1) is 0 Å². The van der Waals surface area contributed by atoms with Crippen molar-refractivity contribution in [3.63, 3.8) is 0 Å². The molecular weight excluding hydrogens is 236 g/mol. The van der Waals surface area contributed by atoms with E-state index in [0.717, 1.165) is 32.5 Å². The number of nitrogens with one attached hydrogen (secondary N) is 1. The fourth-order valence-electron chi connectivity index (χ4n) is 2.19. The van der Waals surface area contributed by atoms with Gasteiger partial charge in [0.2, 0.25) is 0 Å². The largest absolute Gasteiger partial charge is 0.481 e. The van der Waals surface area contributed by atoms with Crippen LogP contribution in [-0.4, -0.2) is 60.3 Å². The number of aliphatic carboxylic acids is 2. The van der Waals surface area contributed by atoms with Crippen LogP contribution in [0.3, 0.4) is 0 Å². The van der Waals surface area contributed by atoms with Crippen LogP contribution in [0, 0.1) is 11.8 Å². The number of carbonyl (C=O) groups is 2. The average molecular weight is 258 g/mol.